The number of guanidine groups is 1. The molecule has 0 fully saturated rings. The summed E-state index contributed by atoms with van der Waals surface area (Å²) in [5, 5.41) is 22.7. The number of carbonyl (C=O) groups is 6. The molecule has 14 N–H and O–H groups in total. The van der Waals surface area contributed by atoms with Gasteiger partial charge in [0.15, 0.2) is 5.96 Å². The van der Waals surface area contributed by atoms with E-state index >= 15 is 0 Å². The van der Waals surface area contributed by atoms with Crippen molar-refractivity contribution >= 4 is 41.4 Å². The van der Waals surface area contributed by atoms with Crippen LogP contribution in [-0.4, -0.2) is 105 Å². The van der Waals surface area contributed by atoms with Gasteiger partial charge in [0.2, 0.25) is 29.5 Å². The Morgan fingerprint density at radius 2 is 1.42 bits per heavy atom. The van der Waals surface area contributed by atoms with Gasteiger partial charge in [0.25, 0.3) is 5.91 Å². The lowest BCUT2D eigenvalue weighted by Crippen LogP contribution is -2.58. The Hall–Kier alpha value is -6.15. The Balaban J connectivity index is 2.13. The molecule has 2 aromatic carbocycles. The van der Waals surface area contributed by atoms with Crippen LogP contribution in [0, 0.1) is 0 Å². The molecule has 0 spiro atoms. The predicted octanol–water partition coefficient (Wildman–Crippen LogP) is -1.95. The zero-order valence-electron chi connectivity index (χ0n) is 32.8. The van der Waals surface area contributed by atoms with E-state index in [1.165, 1.54) is 40.2 Å². The summed E-state index contributed by atoms with van der Waals surface area (Å²) in [4.78, 5) is 82.1. The average molecular weight is 800 g/mol. The third kappa shape index (κ3) is 17.9. The van der Waals surface area contributed by atoms with Crippen molar-refractivity contribution in [1.82, 2.24) is 37.4 Å². The molecule has 0 saturated heterocycles. The Morgan fingerprint density at radius 3 is 2.05 bits per heavy atom. The zero-order valence-corrected chi connectivity index (χ0v) is 32.8. The molecule has 4 atom stereocenters. The van der Waals surface area contributed by atoms with E-state index in [-0.39, 0.29) is 50.5 Å². The van der Waals surface area contributed by atoms with Gasteiger partial charge in [-0.1, -0.05) is 18.2 Å². The molecule has 2 aromatic rings. The van der Waals surface area contributed by atoms with Crippen molar-refractivity contribution in [2.75, 3.05) is 33.9 Å². The number of hydrogen-bond donors (Lipinski definition) is 11. The smallest absolute Gasteiger partial charge is 0.253 e. The van der Waals surface area contributed by atoms with Crippen LogP contribution >= 0.6 is 0 Å². The summed E-state index contributed by atoms with van der Waals surface area (Å²) in [6.07, 6.45) is 1.65. The number of phenolic OH excluding ortho intramolecular Hbond substituents is 1. The summed E-state index contributed by atoms with van der Waals surface area (Å²) in [5.41, 5.74) is 23.0. The number of carbonyl (C=O) groups excluding carboxylic acids is 6. The van der Waals surface area contributed by atoms with E-state index in [4.69, 9.17) is 26.7 Å². The van der Waals surface area contributed by atoms with Crippen LogP contribution in [-0.2, 0) is 41.7 Å². The highest BCUT2D eigenvalue weighted by Gasteiger charge is 2.30. The minimum absolute atomic E-state index is 0.00635. The molecule has 0 saturated carbocycles. The number of aliphatic imine (C=N–C) groups is 1. The minimum Gasteiger partial charge on any atom is -0.508 e. The minimum atomic E-state index is -1.24. The number of amides is 6. The second-order valence-electron chi connectivity index (χ2n) is 13.0. The Bertz CT molecular complexity index is 1670. The normalized spacial score (nSPS) is 12.7. The van der Waals surface area contributed by atoms with Crippen LogP contribution in [0.5, 0.6) is 17.2 Å². The number of ether oxygens (including phenoxy) is 2. The molecule has 0 bridgehead atoms. The fraction of sp³-hybridized carbons (Fsp3) is 0.486. The van der Waals surface area contributed by atoms with Gasteiger partial charge in [-0.2, -0.15) is 0 Å². The van der Waals surface area contributed by atoms with Gasteiger partial charge < -0.3 is 58.4 Å². The number of nitrogens with zero attached hydrogens (tertiary/aromatic N) is 1. The van der Waals surface area contributed by atoms with Crippen LogP contribution in [0.25, 0.3) is 0 Å². The third-order valence-electron chi connectivity index (χ3n) is 8.40. The molecule has 6 amide bonds. The van der Waals surface area contributed by atoms with Crippen LogP contribution in [0.4, 0.5) is 0 Å². The maximum Gasteiger partial charge on any atom is 0.253 e. The third-order valence-corrected chi connectivity index (χ3v) is 8.40. The van der Waals surface area contributed by atoms with Crippen molar-refractivity contribution < 1.29 is 43.3 Å². The number of methoxy groups -OCH3 is 2. The first-order valence-electron chi connectivity index (χ1n) is 18.4. The van der Waals surface area contributed by atoms with Crippen molar-refractivity contribution in [3.8, 4) is 17.2 Å². The fourth-order valence-electron chi connectivity index (χ4n) is 5.38. The van der Waals surface area contributed by atoms with E-state index in [0.29, 0.717) is 36.4 Å². The van der Waals surface area contributed by atoms with Gasteiger partial charge in [-0.3, -0.25) is 39.2 Å². The highest BCUT2D eigenvalue weighted by atomic mass is 16.5. The monoisotopic (exact) mass is 799 g/mol. The standard InChI is InChI=1S/C37H57N11O9/c1-22(33(52)42-21-32(51)48-43-20-25-12-15-27(56-3)19-31(25)57-4)44-34(53)29(9-7-17-41-37(39)40)46-36(55)30(18-24-10-13-26(50)14-11-24)47-35(54)28(45-23(2)49)8-5-6-16-38/h10-15,19,22,28-30,43,50H,5-9,16-18,20-21,38H2,1-4H3,(H,42,52)(H,44,53)(H,45,49)(H,46,55)(H,47,54)(H,48,51)(H4,39,40,41)/t22-,28-,29-,30-/m0/s1. The number of hydrogen-bond acceptors (Lipinski definition) is 12. The maximum atomic E-state index is 13.9. The summed E-state index contributed by atoms with van der Waals surface area (Å²) in [7, 11) is 3.03. The maximum absolute atomic E-state index is 13.9. The molecule has 0 aliphatic carbocycles. The number of nitrogens with one attached hydrogen (secondary N) is 7. The van der Waals surface area contributed by atoms with Crippen molar-refractivity contribution in [2.24, 2.45) is 22.2 Å². The second-order valence-corrected chi connectivity index (χ2v) is 13.0. The lowest BCUT2D eigenvalue weighted by atomic mass is 10.0. The number of nitrogens with two attached hydrogens (primary N) is 3. The number of phenols is 1. The van der Waals surface area contributed by atoms with Gasteiger partial charge in [0.1, 0.15) is 41.4 Å². The lowest BCUT2D eigenvalue weighted by molar-refractivity contribution is -0.134. The molecule has 20 nitrogen and oxygen atoms in total. The van der Waals surface area contributed by atoms with Gasteiger partial charge in [-0.15, -0.1) is 0 Å². The van der Waals surface area contributed by atoms with E-state index in [1.54, 1.807) is 30.3 Å². The summed E-state index contributed by atoms with van der Waals surface area (Å²) in [6.45, 7) is 2.97. The number of aromatic hydroxyl groups is 1. The number of rotatable bonds is 25. The Kier molecular flexibility index (Phi) is 20.7. The molecular weight excluding hydrogens is 742 g/mol. The van der Waals surface area contributed by atoms with Gasteiger partial charge in [0.05, 0.1) is 20.8 Å². The molecule has 57 heavy (non-hydrogen) atoms. The lowest BCUT2D eigenvalue weighted by Gasteiger charge is -2.26. The molecule has 0 heterocycles. The molecule has 0 unspecified atom stereocenters. The number of benzene rings is 2. The van der Waals surface area contributed by atoms with Crippen LogP contribution in [0.15, 0.2) is 47.5 Å². The van der Waals surface area contributed by atoms with Crippen LogP contribution < -0.4 is 64.1 Å². The fourth-order valence-corrected chi connectivity index (χ4v) is 5.38. The second kappa shape index (κ2) is 25.1. The first-order chi connectivity index (χ1) is 27.2. The highest BCUT2D eigenvalue weighted by molar-refractivity contribution is 5.96. The molecule has 2 rings (SSSR count). The molecule has 0 radical (unpaired) electrons. The molecule has 314 valence electrons. The Morgan fingerprint density at radius 1 is 0.789 bits per heavy atom. The summed E-state index contributed by atoms with van der Waals surface area (Å²) in [6, 6.07) is 6.63. The quantitative estimate of drug-likeness (QED) is 0.0226. The molecule has 0 aliphatic rings. The molecular formula is C37H57N11O9. The van der Waals surface area contributed by atoms with Crippen LogP contribution in [0.1, 0.15) is 57.1 Å². The highest BCUT2D eigenvalue weighted by Crippen LogP contribution is 2.24. The van der Waals surface area contributed by atoms with Gasteiger partial charge >= 0.3 is 0 Å². The Labute approximate surface area is 331 Å². The summed E-state index contributed by atoms with van der Waals surface area (Å²) in [5.74, 6) is -2.82. The number of unbranched alkanes of at least 4 members (excludes halogenated alkanes) is 1. The summed E-state index contributed by atoms with van der Waals surface area (Å²) < 4.78 is 10.5. The summed E-state index contributed by atoms with van der Waals surface area (Å²) >= 11 is 0. The molecule has 20 heteroatoms. The van der Waals surface area contributed by atoms with Crippen molar-refractivity contribution in [3.05, 3.63) is 53.6 Å². The molecule has 0 aromatic heterocycles. The van der Waals surface area contributed by atoms with E-state index in [2.05, 4.69) is 42.4 Å². The van der Waals surface area contributed by atoms with Crippen LogP contribution in [0.2, 0.25) is 0 Å². The van der Waals surface area contributed by atoms with E-state index in [9.17, 15) is 33.9 Å². The SMILES string of the molecule is COc1ccc(CNNC(=O)CNC(=O)[C@H](C)NC(=O)[C@H](CCCN=C(N)N)NC(=O)[C@H](Cc2ccc(O)cc2)NC(=O)[C@H](CCCCN)NC(C)=O)c(OC)c1. The molecule has 0 aliphatic heterocycles. The largest absolute Gasteiger partial charge is 0.508 e. The predicted molar refractivity (Wildman–Crippen MR) is 211 cm³/mol. The van der Waals surface area contributed by atoms with Crippen molar-refractivity contribution in [1.29, 1.82) is 0 Å². The average Bonchev–Trinajstić information content (AvgIpc) is 3.17. The zero-order chi connectivity index (χ0) is 42.3. The van der Waals surface area contributed by atoms with E-state index in [1.807, 2.05) is 0 Å². The number of hydrazine groups is 1. The van der Waals surface area contributed by atoms with Crippen molar-refractivity contribution in [3.63, 3.8) is 0 Å². The van der Waals surface area contributed by atoms with Gasteiger partial charge in [-0.05, 0) is 69.3 Å². The first-order valence-corrected chi connectivity index (χ1v) is 18.4. The first kappa shape index (κ1) is 47.0. The van der Waals surface area contributed by atoms with E-state index in [0.717, 1.165) is 5.56 Å². The van der Waals surface area contributed by atoms with Crippen LogP contribution in [0.3, 0.4) is 0 Å². The topological polar surface area (TPSA) is 316 Å². The van der Waals surface area contributed by atoms with Crippen molar-refractivity contribution in [2.45, 2.75) is 83.1 Å². The van der Waals surface area contributed by atoms with E-state index < -0.39 is 66.2 Å². The van der Waals surface area contributed by atoms with Gasteiger partial charge in [0, 0.05) is 38.1 Å². The van der Waals surface area contributed by atoms with Gasteiger partial charge in [-0.25, -0.2) is 5.43 Å².